The zero-order valence-corrected chi connectivity index (χ0v) is 16.6. The van der Waals surface area contributed by atoms with Crippen LogP contribution in [0.15, 0.2) is 30.3 Å². The molecule has 6 nitrogen and oxygen atoms in total. The van der Waals surface area contributed by atoms with Gasteiger partial charge in [0.25, 0.3) is 0 Å². The van der Waals surface area contributed by atoms with Gasteiger partial charge in [-0.05, 0) is 59.1 Å². The summed E-state index contributed by atoms with van der Waals surface area (Å²) in [7, 11) is 0. The molecule has 3 N–H and O–H groups in total. The number of hydrogen-bond acceptors (Lipinski definition) is 5. The maximum Gasteiger partial charge on any atom is 0.339 e. The van der Waals surface area contributed by atoms with Crippen molar-refractivity contribution in [2.24, 2.45) is 0 Å². The number of phenolic OH excluding ortho intramolecular Hbond substituents is 1. The minimum absolute atomic E-state index is 0.0131. The number of aromatic hydroxyl groups is 2. The van der Waals surface area contributed by atoms with Gasteiger partial charge in [-0.25, -0.2) is 4.79 Å². The molecule has 0 spiro atoms. The Morgan fingerprint density at radius 1 is 0.929 bits per heavy atom. The fourth-order valence-corrected chi connectivity index (χ4v) is 3.64. The van der Waals surface area contributed by atoms with Crippen LogP contribution >= 0.6 is 0 Å². The predicted octanol–water partition coefficient (Wildman–Crippen LogP) is 4.56. The largest absolute Gasteiger partial charge is 0.507 e. The Bertz CT molecular complexity index is 913. The van der Waals surface area contributed by atoms with Crippen LogP contribution in [0.4, 0.5) is 0 Å². The molecular weight excluding hydrogens is 360 g/mol. The molecule has 0 aromatic heterocycles. The lowest BCUT2D eigenvalue weighted by molar-refractivity contribution is 0.0693. The number of phenols is 2. The van der Waals surface area contributed by atoms with Crippen molar-refractivity contribution in [3.8, 4) is 23.0 Å². The Morgan fingerprint density at radius 2 is 1.54 bits per heavy atom. The van der Waals surface area contributed by atoms with E-state index in [2.05, 4.69) is 27.7 Å². The van der Waals surface area contributed by atoms with E-state index in [-0.39, 0.29) is 40.4 Å². The molecule has 0 saturated carbocycles. The third-order valence-electron chi connectivity index (χ3n) is 5.57. The molecular formula is C22H26O6. The highest BCUT2D eigenvalue weighted by molar-refractivity contribution is 5.90. The quantitative estimate of drug-likeness (QED) is 0.652. The lowest BCUT2D eigenvalue weighted by Gasteiger charge is -2.42. The minimum Gasteiger partial charge on any atom is -0.507 e. The molecule has 0 bridgehead atoms. The molecule has 3 rings (SSSR count). The number of hydrogen-bond donors (Lipinski definition) is 3. The lowest BCUT2D eigenvalue weighted by atomic mass is 9.63. The maximum absolute atomic E-state index is 10.9. The van der Waals surface area contributed by atoms with Gasteiger partial charge in [0.15, 0.2) is 11.5 Å². The van der Waals surface area contributed by atoms with Crippen molar-refractivity contribution in [2.45, 2.75) is 51.4 Å². The van der Waals surface area contributed by atoms with Crippen LogP contribution in [0.25, 0.3) is 0 Å². The number of carbonyl (C=O) groups is 1. The highest BCUT2D eigenvalue weighted by Gasteiger charge is 2.38. The monoisotopic (exact) mass is 386 g/mol. The van der Waals surface area contributed by atoms with Gasteiger partial charge in [-0.3, -0.25) is 0 Å². The third kappa shape index (κ3) is 3.72. The van der Waals surface area contributed by atoms with Gasteiger partial charge in [-0.1, -0.05) is 27.7 Å². The van der Waals surface area contributed by atoms with E-state index in [1.54, 1.807) is 6.07 Å². The second-order valence-electron chi connectivity index (χ2n) is 8.52. The van der Waals surface area contributed by atoms with Crippen molar-refractivity contribution in [3.05, 3.63) is 47.0 Å². The zero-order valence-electron chi connectivity index (χ0n) is 16.6. The van der Waals surface area contributed by atoms with Gasteiger partial charge in [0.1, 0.15) is 17.1 Å². The number of carboxylic acid groups (broad SMARTS) is 1. The van der Waals surface area contributed by atoms with E-state index >= 15 is 0 Å². The molecule has 1 aliphatic rings. The molecule has 150 valence electrons. The highest BCUT2D eigenvalue weighted by Crippen LogP contribution is 2.48. The topological polar surface area (TPSA) is 96.2 Å². The number of aromatic carboxylic acids is 1. The number of ether oxygens (including phenoxy) is 2. The van der Waals surface area contributed by atoms with Crippen LogP contribution in [0.5, 0.6) is 23.0 Å². The summed E-state index contributed by atoms with van der Waals surface area (Å²) in [6.45, 7) is 8.53. The summed E-state index contributed by atoms with van der Waals surface area (Å²) < 4.78 is 11.0. The van der Waals surface area contributed by atoms with E-state index < -0.39 is 5.97 Å². The van der Waals surface area contributed by atoms with E-state index in [9.17, 15) is 15.0 Å². The minimum atomic E-state index is -1.22. The van der Waals surface area contributed by atoms with Crippen LogP contribution in [-0.4, -0.2) is 28.1 Å². The van der Waals surface area contributed by atoms with Gasteiger partial charge in [-0.15, -0.1) is 0 Å². The first kappa shape index (κ1) is 19.9. The molecule has 0 amide bonds. The van der Waals surface area contributed by atoms with E-state index in [0.717, 1.165) is 24.0 Å². The molecule has 0 radical (unpaired) electrons. The van der Waals surface area contributed by atoms with E-state index in [1.165, 1.54) is 18.2 Å². The van der Waals surface area contributed by atoms with Gasteiger partial charge in [-0.2, -0.15) is 0 Å². The molecule has 0 atom stereocenters. The van der Waals surface area contributed by atoms with Crippen LogP contribution in [0.2, 0.25) is 0 Å². The average Bonchev–Trinajstić information content (AvgIpc) is 2.60. The Hall–Kier alpha value is -2.89. The number of benzene rings is 2. The van der Waals surface area contributed by atoms with E-state index in [1.807, 2.05) is 6.07 Å². The Morgan fingerprint density at radius 3 is 2.11 bits per heavy atom. The van der Waals surface area contributed by atoms with Crippen LogP contribution in [0, 0.1) is 0 Å². The molecule has 0 aliphatic heterocycles. The van der Waals surface area contributed by atoms with Gasteiger partial charge in [0.2, 0.25) is 6.79 Å². The lowest BCUT2D eigenvalue weighted by Crippen LogP contribution is -2.33. The normalized spacial score (nSPS) is 16.9. The first-order valence-electron chi connectivity index (χ1n) is 9.21. The smallest absolute Gasteiger partial charge is 0.339 e. The van der Waals surface area contributed by atoms with Gasteiger partial charge >= 0.3 is 5.97 Å². The van der Waals surface area contributed by atoms with E-state index in [0.29, 0.717) is 5.75 Å². The molecule has 1 aliphatic carbocycles. The summed E-state index contributed by atoms with van der Waals surface area (Å²) >= 11 is 0. The SMILES string of the molecule is CC1(C)CCC(C)(C)c2cc(OCOc3ccc(C(=O)O)c(O)c3)c(O)cc21. The van der Waals surface area contributed by atoms with Crippen LogP contribution in [0.3, 0.4) is 0 Å². The fraction of sp³-hybridized carbons (Fsp3) is 0.409. The average molecular weight is 386 g/mol. The summed E-state index contributed by atoms with van der Waals surface area (Å²) in [5.74, 6) is -0.954. The Balaban J connectivity index is 1.77. The first-order valence-corrected chi connectivity index (χ1v) is 9.21. The van der Waals surface area contributed by atoms with Gasteiger partial charge in [0, 0.05) is 6.07 Å². The number of carboxylic acids is 1. The molecule has 0 saturated heterocycles. The second kappa shape index (κ2) is 6.93. The summed E-state index contributed by atoms with van der Waals surface area (Å²) in [6.07, 6.45) is 2.09. The van der Waals surface area contributed by atoms with E-state index in [4.69, 9.17) is 14.6 Å². The summed E-state index contributed by atoms with van der Waals surface area (Å²) in [4.78, 5) is 10.9. The second-order valence-corrected chi connectivity index (χ2v) is 8.52. The van der Waals surface area contributed by atoms with Gasteiger partial charge < -0.3 is 24.8 Å². The summed E-state index contributed by atoms with van der Waals surface area (Å²) in [6, 6.07) is 7.56. The van der Waals surface area contributed by atoms with Crippen molar-refractivity contribution < 1.29 is 29.6 Å². The molecule has 2 aromatic rings. The van der Waals surface area contributed by atoms with Crippen molar-refractivity contribution in [1.82, 2.24) is 0 Å². The van der Waals surface area contributed by atoms with Crippen LogP contribution in [-0.2, 0) is 10.8 Å². The molecule has 28 heavy (non-hydrogen) atoms. The van der Waals surface area contributed by atoms with Gasteiger partial charge in [0.05, 0.1) is 0 Å². The zero-order chi connectivity index (χ0) is 20.7. The Labute approximate surface area is 164 Å². The molecule has 0 fully saturated rings. The Kier molecular flexibility index (Phi) is 4.91. The van der Waals surface area contributed by atoms with Crippen molar-refractivity contribution >= 4 is 5.97 Å². The number of fused-ring (bicyclic) bond motifs is 1. The molecule has 2 aromatic carbocycles. The highest BCUT2D eigenvalue weighted by atomic mass is 16.7. The standard InChI is InChI=1S/C22H26O6/c1-21(2)7-8-22(3,4)16-11-19(18(24)10-15(16)21)28-12-27-13-5-6-14(20(25)26)17(23)9-13/h5-6,9-11,23-24H,7-8,12H2,1-4H3,(H,25,26). The van der Waals surface area contributed by atoms with Crippen LogP contribution in [0.1, 0.15) is 62.0 Å². The summed E-state index contributed by atoms with van der Waals surface area (Å²) in [5.41, 5.74) is 2.05. The van der Waals surface area contributed by atoms with Crippen molar-refractivity contribution in [3.63, 3.8) is 0 Å². The van der Waals surface area contributed by atoms with Crippen molar-refractivity contribution in [2.75, 3.05) is 6.79 Å². The van der Waals surface area contributed by atoms with Crippen LogP contribution < -0.4 is 9.47 Å². The molecule has 0 heterocycles. The van der Waals surface area contributed by atoms with Crippen molar-refractivity contribution in [1.29, 1.82) is 0 Å². The first-order chi connectivity index (χ1) is 13.0. The fourth-order valence-electron chi connectivity index (χ4n) is 3.64. The molecule has 0 unspecified atom stereocenters. The maximum atomic E-state index is 10.9. The summed E-state index contributed by atoms with van der Waals surface area (Å²) in [5, 5.41) is 29.1. The predicted molar refractivity (Wildman–Crippen MR) is 105 cm³/mol. The molecule has 6 heteroatoms. The third-order valence-corrected chi connectivity index (χ3v) is 5.57. The number of rotatable bonds is 5.